The summed E-state index contributed by atoms with van der Waals surface area (Å²) in [6.45, 7) is 4.72. The molecule has 3 rings (SSSR count). The minimum Gasteiger partial charge on any atom is -0.357 e. The summed E-state index contributed by atoms with van der Waals surface area (Å²) in [7, 11) is -3.39. The molecule has 2 aromatic rings. The summed E-state index contributed by atoms with van der Waals surface area (Å²) in [6, 6.07) is 13.3. The van der Waals surface area contributed by atoms with Crippen molar-refractivity contribution in [3.8, 4) is 0 Å². The summed E-state index contributed by atoms with van der Waals surface area (Å²) >= 11 is 0. The third-order valence-corrected chi connectivity index (χ3v) is 6.65. The van der Waals surface area contributed by atoms with E-state index < -0.39 is 10.0 Å². The summed E-state index contributed by atoms with van der Waals surface area (Å²) in [4.78, 5) is 4.80. The van der Waals surface area contributed by atoms with Crippen molar-refractivity contribution < 1.29 is 12.8 Å². The van der Waals surface area contributed by atoms with Crippen molar-refractivity contribution in [1.82, 2.24) is 14.9 Å². The van der Waals surface area contributed by atoms with E-state index in [1.165, 1.54) is 12.1 Å². The van der Waals surface area contributed by atoms with E-state index >= 15 is 0 Å². The van der Waals surface area contributed by atoms with E-state index in [0.717, 1.165) is 24.0 Å². The van der Waals surface area contributed by atoms with Crippen molar-refractivity contribution in [1.29, 1.82) is 0 Å². The number of hydrogen-bond acceptors (Lipinski definition) is 3. The van der Waals surface area contributed by atoms with Crippen LogP contribution in [-0.2, 0) is 23.1 Å². The van der Waals surface area contributed by atoms with Gasteiger partial charge in [-0.3, -0.25) is 0 Å². The molecule has 0 radical (unpaired) electrons. The SMILES string of the molecule is CCNC(=NCc1cccc(F)c1)NCc1ccc(S(=O)(=O)N2CCCC2)cc1. The van der Waals surface area contributed by atoms with Crippen LogP contribution in [0.15, 0.2) is 58.4 Å². The van der Waals surface area contributed by atoms with Gasteiger partial charge in [0.2, 0.25) is 10.0 Å². The Kier molecular flexibility index (Phi) is 7.22. The van der Waals surface area contributed by atoms with Gasteiger partial charge in [0.25, 0.3) is 0 Å². The predicted octanol–water partition coefficient (Wildman–Crippen LogP) is 2.87. The summed E-state index contributed by atoms with van der Waals surface area (Å²) in [5.41, 5.74) is 1.74. The Morgan fingerprint density at radius 2 is 1.79 bits per heavy atom. The normalized spacial score (nSPS) is 15.4. The van der Waals surface area contributed by atoms with Gasteiger partial charge in [0.05, 0.1) is 11.4 Å². The second kappa shape index (κ2) is 9.84. The van der Waals surface area contributed by atoms with Crippen LogP contribution in [0.2, 0.25) is 0 Å². The number of nitrogens with one attached hydrogen (secondary N) is 2. The molecule has 156 valence electrons. The molecule has 0 spiro atoms. The molecule has 0 amide bonds. The molecule has 2 aromatic carbocycles. The van der Waals surface area contributed by atoms with Crippen molar-refractivity contribution in [2.24, 2.45) is 4.99 Å². The molecule has 0 bridgehead atoms. The van der Waals surface area contributed by atoms with E-state index in [4.69, 9.17) is 0 Å². The molecule has 1 fully saturated rings. The first-order chi connectivity index (χ1) is 14.0. The highest BCUT2D eigenvalue weighted by atomic mass is 32.2. The molecular formula is C21H27FN4O2S. The largest absolute Gasteiger partial charge is 0.357 e. The lowest BCUT2D eigenvalue weighted by molar-refractivity contribution is 0.477. The van der Waals surface area contributed by atoms with Gasteiger partial charge in [-0.1, -0.05) is 24.3 Å². The summed E-state index contributed by atoms with van der Waals surface area (Å²) < 4.78 is 40.0. The van der Waals surface area contributed by atoms with Crippen LogP contribution in [0.5, 0.6) is 0 Å². The van der Waals surface area contributed by atoms with Crippen molar-refractivity contribution in [2.75, 3.05) is 19.6 Å². The Morgan fingerprint density at radius 1 is 1.07 bits per heavy atom. The van der Waals surface area contributed by atoms with Gasteiger partial charge < -0.3 is 10.6 Å². The predicted molar refractivity (Wildman–Crippen MR) is 112 cm³/mol. The van der Waals surface area contributed by atoms with Gasteiger partial charge in [-0.05, 0) is 55.2 Å². The highest BCUT2D eigenvalue weighted by Crippen LogP contribution is 2.21. The van der Waals surface area contributed by atoms with Gasteiger partial charge in [-0.15, -0.1) is 0 Å². The van der Waals surface area contributed by atoms with Crippen LogP contribution in [-0.4, -0.2) is 38.3 Å². The van der Waals surface area contributed by atoms with E-state index in [9.17, 15) is 12.8 Å². The number of benzene rings is 2. The molecule has 29 heavy (non-hydrogen) atoms. The quantitative estimate of drug-likeness (QED) is 0.536. The number of aliphatic imine (C=N–C) groups is 1. The topological polar surface area (TPSA) is 73.8 Å². The minimum atomic E-state index is -3.39. The summed E-state index contributed by atoms with van der Waals surface area (Å²) in [5, 5.41) is 6.37. The Labute approximate surface area is 171 Å². The third-order valence-electron chi connectivity index (χ3n) is 4.74. The summed E-state index contributed by atoms with van der Waals surface area (Å²) in [5.74, 6) is 0.338. The van der Waals surface area contributed by atoms with Gasteiger partial charge in [-0.25, -0.2) is 17.8 Å². The zero-order valence-electron chi connectivity index (χ0n) is 16.6. The second-order valence-electron chi connectivity index (χ2n) is 6.93. The zero-order valence-corrected chi connectivity index (χ0v) is 17.4. The fourth-order valence-electron chi connectivity index (χ4n) is 3.19. The highest BCUT2D eigenvalue weighted by molar-refractivity contribution is 7.89. The molecule has 2 N–H and O–H groups in total. The average molecular weight is 419 g/mol. The van der Waals surface area contributed by atoms with Crippen LogP contribution >= 0.6 is 0 Å². The van der Waals surface area contributed by atoms with E-state index in [2.05, 4.69) is 15.6 Å². The molecule has 1 aliphatic rings. The Hall–Kier alpha value is -2.45. The highest BCUT2D eigenvalue weighted by Gasteiger charge is 2.26. The molecular weight excluding hydrogens is 391 g/mol. The maximum atomic E-state index is 13.3. The van der Waals surface area contributed by atoms with Crippen molar-refractivity contribution in [2.45, 2.75) is 37.8 Å². The molecule has 0 unspecified atom stereocenters. The molecule has 8 heteroatoms. The molecule has 1 heterocycles. The first-order valence-electron chi connectivity index (χ1n) is 9.85. The van der Waals surface area contributed by atoms with Crippen LogP contribution in [0.3, 0.4) is 0 Å². The van der Waals surface area contributed by atoms with E-state index in [1.54, 1.807) is 22.5 Å². The fraction of sp³-hybridized carbons (Fsp3) is 0.381. The van der Waals surface area contributed by atoms with Gasteiger partial charge >= 0.3 is 0 Å². The number of halogens is 1. The van der Waals surface area contributed by atoms with Crippen LogP contribution in [0.4, 0.5) is 4.39 Å². The summed E-state index contributed by atoms with van der Waals surface area (Å²) in [6.07, 6.45) is 1.84. The lowest BCUT2D eigenvalue weighted by Crippen LogP contribution is -2.36. The standard InChI is InChI=1S/C21H27FN4O2S/c1-2-23-21(25-16-18-6-5-7-19(22)14-18)24-15-17-8-10-20(11-9-17)29(27,28)26-12-3-4-13-26/h5-11,14H,2-4,12-13,15-16H2,1H3,(H2,23,24,25). The second-order valence-corrected chi connectivity index (χ2v) is 8.87. The van der Waals surface area contributed by atoms with Crippen LogP contribution in [0, 0.1) is 5.82 Å². The van der Waals surface area contributed by atoms with Crippen LogP contribution in [0.1, 0.15) is 30.9 Å². The van der Waals surface area contributed by atoms with E-state index in [-0.39, 0.29) is 5.82 Å². The molecule has 0 aromatic heterocycles. The number of hydrogen-bond donors (Lipinski definition) is 2. The van der Waals surface area contributed by atoms with E-state index in [1.807, 2.05) is 25.1 Å². The zero-order chi connectivity index (χ0) is 20.7. The molecule has 1 aliphatic heterocycles. The molecule has 0 saturated carbocycles. The maximum Gasteiger partial charge on any atom is 0.243 e. The van der Waals surface area contributed by atoms with Crippen molar-refractivity contribution in [3.05, 3.63) is 65.5 Å². The first kappa shape index (κ1) is 21.3. The molecule has 0 aliphatic carbocycles. The average Bonchev–Trinajstić information content (AvgIpc) is 3.26. The Morgan fingerprint density at radius 3 is 2.45 bits per heavy atom. The molecule has 1 saturated heterocycles. The lowest BCUT2D eigenvalue weighted by Gasteiger charge is -2.16. The smallest absolute Gasteiger partial charge is 0.243 e. The van der Waals surface area contributed by atoms with Gasteiger partial charge in [0.15, 0.2) is 5.96 Å². The van der Waals surface area contributed by atoms with E-state index in [0.29, 0.717) is 43.6 Å². The van der Waals surface area contributed by atoms with Crippen molar-refractivity contribution in [3.63, 3.8) is 0 Å². The third kappa shape index (κ3) is 5.77. The maximum absolute atomic E-state index is 13.3. The van der Waals surface area contributed by atoms with Gasteiger partial charge in [-0.2, -0.15) is 4.31 Å². The first-order valence-corrected chi connectivity index (χ1v) is 11.3. The lowest BCUT2D eigenvalue weighted by atomic mass is 10.2. The van der Waals surface area contributed by atoms with Crippen LogP contribution < -0.4 is 10.6 Å². The minimum absolute atomic E-state index is 0.278. The number of nitrogens with zero attached hydrogens (tertiary/aromatic N) is 2. The van der Waals surface area contributed by atoms with Gasteiger partial charge in [0.1, 0.15) is 5.82 Å². The Bertz CT molecular complexity index is 939. The van der Waals surface area contributed by atoms with Crippen LogP contribution in [0.25, 0.3) is 0 Å². The number of guanidine groups is 1. The van der Waals surface area contributed by atoms with Crippen molar-refractivity contribution >= 4 is 16.0 Å². The number of sulfonamides is 1. The molecule has 0 atom stereocenters. The molecule has 6 nitrogen and oxygen atoms in total. The number of rotatable bonds is 7. The Balaban J connectivity index is 1.61. The monoisotopic (exact) mass is 418 g/mol. The fourth-order valence-corrected chi connectivity index (χ4v) is 4.71. The van der Waals surface area contributed by atoms with Gasteiger partial charge in [0, 0.05) is 26.2 Å².